The van der Waals surface area contributed by atoms with Crippen LogP contribution in [0.4, 0.5) is 5.69 Å². The van der Waals surface area contributed by atoms with Gasteiger partial charge in [-0.2, -0.15) is 0 Å². The number of ether oxygens (including phenoxy) is 2. The minimum atomic E-state index is 0.210. The fourth-order valence-electron chi connectivity index (χ4n) is 1.55. The molecule has 0 bridgehead atoms. The Morgan fingerprint density at radius 2 is 1.94 bits per heavy atom. The van der Waals surface area contributed by atoms with Crippen molar-refractivity contribution >= 4 is 12.0 Å². The summed E-state index contributed by atoms with van der Waals surface area (Å²) >= 11 is 0. The van der Waals surface area contributed by atoms with Crippen molar-refractivity contribution < 1.29 is 14.3 Å². The van der Waals surface area contributed by atoms with Gasteiger partial charge in [0.15, 0.2) is 0 Å². The zero-order valence-corrected chi connectivity index (χ0v) is 10.3. The Morgan fingerprint density at radius 3 is 2.47 bits per heavy atom. The van der Waals surface area contributed by atoms with Gasteiger partial charge in [0, 0.05) is 32.1 Å². The summed E-state index contributed by atoms with van der Waals surface area (Å²) in [4.78, 5) is 10.5. The fraction of sp³-hybridized carbons (Fsp3) is 0.462. The molecule has 0 saturated carbocycles. The Bertz CT molecular complexity index is 324. The van der Waals surface area contributed by atoms with Gasteiger partial charge >= 0.3 is 0 Å². The van der Waals surface area contributed by atoms with Crippen LogP contribution in [-0.2, 0) is 9.47 Å². The number of carbonyl (C=O) groups is 1. The Kier molecular flexibility index (Phi) is 6.29. The third-order valence-corrected chi connectivity index (χ3v) is 2.46. The van der Waals surface area contributed by atoms with Crippen molar-refractivity contribution in [1.82, 2.24) is 0 Å². The Morgan fingerprint density at radius 1 is 1.24 bits per heavy atom. The van der Waals surface area contributed by atoms with Gasteiger partial charge in [0.1, 0.15) is 6.29 Å². The minimum absolute atomic E-state index is 0.210. The van der Waals surface area contributed by atoms with Gasteiger partial charge in [-0.05, 0) is 30.7 Å². The van der Waals surface area contributed by atoms with Gasteiger partial charge in [0.25, 0.3) is 0 Å². The van der Waals surface area contributed by atoms with E-state index in [0.29, 0.717) is 18.8 Å². The highest BCUT2D eigenvalue weighted by molar-refractivity contribution is 5.75. The van der Waals surface area contributed by atoms with Crippen LogP contribution >= 0.6 is 0 Å². The second kappa shape index (κ2) is 7.81. The quantitative estimate of drug-likeness (QED) is 0.702. The van der Waals surface area contributed by atoms with E-state index >= 15 is 0 Å². The molecule has 0 fully saturated rings. The van der Waals surface area contributed by atoms with Crippen LogP contribution in [0.2, 0.25) is 0 Å². The molecule has 4 nitrogen and oxygen atoms in total. The molecule has 0 amide bonds. The number of nitrogens with one attached hydrogen (secondary N) is 1. The van der Waals surface area contributed by atoms with Gasteiger partial charge in [0.2, 0.25) is 0 Å². The number of rotatable bonds is 8. The monoisotopic (exact) mass is 237 g/mol. The molecule has 0 aliphatic heterocycles. The van der Waals surface area contributed by atoms with Crippen molar-refractivity contribution in [1.29, 1.82) is 0 Å². The largest absolute Gasteiger partial charge is 0.385 e. The van der Waals surface area contributed by atoms with E-state index in [2.05, 4.69) is 5.32 Å². The third-order valence-electron chi connectivity index (χ3n) is 2.46. The number of hydrogen-bond donors (Lipinski definition) is 1. The molecule has 0 aromatic heterocycles. The topological polar surface area (TPSA) is 47.6 Å². The van der Waals surface area contributed by atoms with Crippen molar-refractivity contribution in [3.05, 3.63) is 29.8 Å². The SMILES string of the molecule is COCCC(COC)Nc1ccc(C=O)cc1. The van der Waals surface area contributed by atoms with Crippen molar-refractivity contribution in [2.75, 3.05) is 32.8 Å². The molecular formula is C13H19NO3. The molecule has 4 heteroatoms. The van der Waals surface area contributed by atoms with Crippen molar-refractivity contribution in [3.63, 3.8) is 0 Å². The lowest BCUT2D eigenvalue weighted by Crippen LogP contribution is -2.26. The summed E-state index contributed by atoms with van der Waals surface area (Å²) in [6, 6.07) is 7.56. The van der Waals surface area contributed by atoms with Crippen LogP contribution in [0.3, 0.4) is 0 Å². The molecule has 17 heavy (non-hydrogen) atoms. The van der Waals surface area contributed by atoms with Crippen LogP contribution in [0.1, 0.15) is 16.8 Å². The Labute approximate surface area is 102 Å². The van der Waals surface area contributed by atoms with Crippen molar-refractivity contribution in [2.24, 2.45) is 0 Å². The maximum Gasteiger partial charge on any atom is 0.150 e. The van der Waals surface area contributed by atoms with E-state index in [4.69, 9.17) is 9.47 Å². The predicted octanol–water partition coefficient (Wildman–Crippen LogP) is 1.96. The molecule has 1 rings (SSSR count). The first-order chi connectivity index (χ1) is 8.30. The number of anilines is 1. The number of benzene rings is 1. The molecule has 0 saturated heterocycles. The summed E-state index contributed by atoms with van der Waals surface area (Å²) in [6.45, 7) is 1.31. The van der Waals surface area contributed by atoms with E-state index < -0.39 is 0 Å². The molecule has 0 aliphatic carbocycles. The summed E-state index contributed by atoms with van der Waals surface area (Å²) in [5.41, 5.74) is 1.66. The first kappa shape index (κ1) is 13.7. The zero-order valence-electron chi connectivity index (χ0n) is 10.3. The standard InChI is InChI=1S/C13H19NO3/c1-16-8-7-13(10-17-2)14-12-5-3-11(9-15)4-6-12/h3-6,9,13-14H,7-8,10H2,1-2H3. The van der Waals surface area contributed by atoms with E-state index in [0.717, 1.165) is 18.4 Å². The van der Waals surface area contributed by atoms with Gasteiger partial charge in [-0.15, -0.1) is 0 Å². The molecule has 1 aromatic rings. The zero-order chi connectivity index (χ0) is 12.5. The van der Waals surface area contributed by atoms with Gasteiger partial charge in [-0.3, -0.25) is 4.79 Å². The molecule has 0 aliphatic rings. The van der Waals surface area contributed by atoms with Gasteiger partial charge < -0.3 is 14.8 Å². The highest BCUT2D eigenvalue weighted by atomic mass is 16.5. The van der Waals surface area contributed by atoms with E-state index in [-0.39, 0.29) is 6.04 Å². The van der Waals surface area contributed by atoms with Crippen LogP contribution in [-0.4, -0.2) is 39.8 Å². The third kappa shape index (κ3) is 4.97. The lowest BCUT2D eigenvalue weighted by molar-refractivity contribution is 0.112. The first-order valence-corrected chi connectivity index (χ1v) is 5.59. The summed E-state index contributed by atoms with van der Waals surface area (Å²) < 4.78 is 10.2. The molecule has 94 valence electrons. The minimum Gasteiger partial charge on any atom is -0.385 e. The van der Waals surface area contributed by atoms with E-state index in [1.807, 2.05) is 12.1 Å². The van der Waals surface area contributed by atoms with Crippen LogP contribution < -0.4 is 5.32 Å². The lowest BCUT2D eigenvalue weighted by atomic mass is 10.2. The summed E-state index contributed by atoms with van der Waals surface area (Å²) in [5, 5.41) is 3.35. The average Bonchev–Trinajstić information content (AvgIpc) is 2.37. The number of methoxy groups -OCH3 is 2. The highest BCUT2D eigenvalue weighted by Crippen LogP contribution is 2.11. The van der Waals surface area contributed by atoms with E-state index in [1.165, 1.54) is 0 Å². The summed E-state index contributed by atoms with van der Waals surface area (Å²) in [6.07, 6.45) is 1.71. The maximum atomic E-state index is 10.5. The molecule has 0 radical (unpaired) electrons. The van der Waals surface area contributed by atoms with E-state index in [1.54, 1.807) is 26.4 Å². The highest BCUT2D eigenvalue weighted by Gasteiger charge is 2.07. The second-order valence-corrected chi connectivity index (χ2v) is 3.82. The molecule has 1 atom stereocenters. The summed E-state index contributed by atoms with van der Waals surface area (Å²) in [7, 11) is 3.36. The first-order valence-electron chi connectivity index (χ1n) is 5.59. The molecular weight excluding hydrogens is 218 g/mol. The van der Waals surface area contributed by atoms with Crippen LogP contribution in [0.15, 0.2) is 24.3 Å². The Hall–Kier alpha value is -1.39. The number of aldehydes is 1. The van der Waals surface area contributed by atoms with Crippen LogP contribution in [0.25, 0.3) is 0 Å². The molecule has 1 unspecified atom stereocenters. The van der Waals surface area contributed by atoms with Gasteiger partial charge in [-0.25, -0.2) is 0 Å². The second-order valence-electron chi connectivity index (χ2n) is 3.82. The van der Waals surface area contributed by atoms with Crippen molar-refractivity contribution in [2.45, 2.75) is 12.5 Å². The molecule has 0 heterocycles. The molecule has 0 spiro atoms. The van der Waals surface area contributed by atoms with Crippen LogP contribution in [0, 0.1) is 0 Å². The average molecular weight is 237 g/mol. The lowest BCUT2D eigenvalue weighted by Gasteiger charge is -2.18. The van der Waals surface area contributed by atoms with Gasteiger partial charge in [0.05, 0.1) is 12.6 Å². The van der Waals surface area contributed by atoms with E-state index in [9.17, 15) is 4.79 Å². The number of hydrogen-bond acceptors (Lipinski definition) is 4. The predicted molar refractivity (Wildman–Crippen MR) is 67.6 cm³/mol. The molecule has 1 aromatic carbocycles. The smallest absolute Gasteiger partial charge is 0.150 e. The number of carbonyl (C=O) groups excluding carboxylic acids is 1. The van der Waals surface area contributed by atoms with Crippen molar-refractivity contribution in [3.8, 4) is 0 Å². The van der Waals surface area contributed by atoms with Crippen LogP contribution in [0.5, 0.6) is 0 Å². The van der Waals surface area contributed by atoms with Gasteiger partial charge in [-0.1, -0.05) is 0 Å². The normalized spacial score (nSPS) is 12.1. The maximum absolute atomic E-state index is 10.5. The summed E-state index contributed by atoms with van der Waals surface area (Å²) in [5.74, 6) is 0. The fourth-order valence-corrected chi connectivity index (χ4v) is 1.55. The molecule has 1 N–H and O–H groups in total. The Balaban J connectivity index is 2.54.